The van der Waals surface area contributed by atoms with Crippen molar-refractivity contribution in [2.45, 2.75) is 32.3 Å². The van der Waals surface area contributed by atoms with E-state index in [-0.39, 0.29) is 0 Å². The quantitative estimate of drug-likeness (QED) is 0.801. The number of hydrogen-bond donors (Lipinski definition) is 0. The van der Waals surface area contributed by atoms with Crippen molar-refractivity contribution >= 4 is 22.9 Å². The summed E-state index contributed by atoms with van der Waals surface area (Å²) >= 11 is 7.04. The number of nitrogens with zero attached hydrogens (tertiary/aromatic N) is 2. The highest BCUT2D eigenvalue weighted by atomic mass is 35.5. The van der Waals surface area contributed by atoms with Gasteiger partial charge in [0.2, 0.25) is 4.47 Å². The van der Waals surface area contributed by atoms with E-state index in [1.807, 2.05) is 0 Å². The lowest BCUT2D eigenvalue weighted by molar-refractivity contribution is 0.0884. The highest BCUT2D eigenvalue weighted by Gasteiger charge is 2.15. The molecule has 0 saturated heterocycles. The first-order valence-corrected chi connectivity index (χ1v) is 6.09. The molecule has 1 saturated carbocycles. The van der Waals surface area contributed by atoms with Crippen LogP contribution in [0, 0.1) is 5.92 Å². The molecule has 0 N–H and O–H groups in total. The van der Waals surface area contributed by atoms with E-state index in [1.54, 1.807) is 0 Å². The van der Waals surface area contributed by atoms with Crippen molar-refractivity contribution in [3.63, 3.8) is 0 Å². The first-order valence-electron chi connectivity index (χ1n) is 4.90. The van der Waals surface area contributed by atoms with Gasteiger partial charge in [-0.25, -0.2) is 0 Å². The van der Waals surface area contributed by atoms with E-state index in [0.717, 1.165) is 17.5 Å². The third-order valence-corrected chi connectivity index (χ3v) is 3.49. The fraction of sp³-hybridized carbons (Fsp3) is 0.778. The molecule has 0 aromatic carbocycles. The van der Waals surface area contributed by atoms with Crippen molar-refractivity contribution < 1.29 is 4.74 Å². The number of rotatable bonds is 4. The summed E-state index contributed by atoms with van der Waals surface area (Å²) in [5.41, 5.74) is 0. The predicted molar refractivity (Wildman–Crippen MR) is 56.5 cm³/mol. The van der Waals surface area contributed by atoms with Crippen LogP contribution in [-0.4, -0.2) is 16.8 Å². The van der Waals surface area contributed by atoms with Gasteiger partial charge < -0.3 is 4.74 Å². The topological polar surface area (TPSA) is 35.0 Å². The predicted octanol–water partition coefficient (Wildman–Crippen LogP) is 2.90. The molecular weight excluding hydrogens is 220 g/mol. The van der Waals surface area contributed by atoms with Crippen LogP contribution in [0.2, 0.25) is 4.47 Å². The van der Waals surface area contributed by atoms with Crippen LogP contribution >= 0.6 is 22.9 Å². The second-order valence-corrected chi connectivity index (χ2v) is 5.26. The van der Waals surface area contributed by atoms with Gasteiger partial charge in [0.15, 0.2) is 0 Å². The van der Waals surface area contributed by atoms with Gasteiger partial charge in [-0.2, -0.15) is 0 Å². The monoisotopic (exact) mass is 232 g/mol. The van der Waals surface area contributed by atoms with Gasteiger partial charge in [0.1, 0.15) is 11.6 Å². The van der Waals surface area contributed by atoms with Gasteiger partial charge in [-0.05, 0) is 30.4 Å². The van der Waals surface area contributed by atoms with Crippen molar-refractivity contribution in [1.82, 2.24) is 10.2 Å². The van der Waals surface area contributed by atoms with Gasteiger partial charge in [0, 0.05) is 6.61 Å². The molecule has 0 bridgehead atoms. The second-order valence-electron chi connectivity index (χ2n) is 3.61. The van der Waals surface area contributed by atoms with Crippen molar-refractivity contribution in [2.75, 3.05) is 6.61 Å². The number of halogens is 1. The van der Waals surface area contributed by atoms with Gasteiger partial charge in [0.05, 0.1) is 0 Å². The summed E-state index contributed by atoms with van der Waals surface area (Å²) in [5, 5.41) is 8.48. The Morgan fingerprint density at radius 2 is 2.14 bits per heavy atom. The van der Waals surface area contributed by atoms with E-state index in [0.29, 0.717) is 11.1 Å². The highest BCUT2D eigenvalue weighted by Crippen LogP contribution is 2.25. The Balaban J connectivity index is 1.67. The van der Waals surface area contributed by atoms with Crippen LogP contribution in [0.25, 0.3) is 0 Å². The molecule has 0 amide bonds. The molecule has 1 aliphatic rings. The first-order chi connectivity index (χ1) is 6.84. The Bertz CT molecular complexity index is 286. The summed E-state index contributed by atoms with van der Waals surface area (Å²) in [6, 6.07) is 0. The zero-order valence-electron chi connectivity index (χ0n) is 7.91. The zero-order valence-corrected chi connectivity index (χ0v) is 9.48. The molecule has 0 aliphatic heterocycles. The van der Waals surface area contributed by atoms with Crippen LogP contribution in [0.15, 0.2) is 0 Å². The van der Waals surface area contributed by atoms with E-state index < -0.39 is 0 Å². The van der Waals surface area contributed by atoms with Gasteiger partial charge in [-0.3, -0.25) is 0 Å². The molecule has 0 spiro atoms. The van der Waals surface area contributed by atoms with Gasteiger partial charge in [-0.15, -0.1) is 10.2 Å². The summed E-state index contributed by atoms with van der Waals surface area (Å²) in [7, 11) is 0. The molecule has 0 radical (unpaired) electrons. The van der Waals surface area contributed by atoms with Gasteiger partial charge in [-0.1, -0.05) is 24.2 Å². The minimum Gasteiger partial charge on any atom is -0.374 e. The average Bonchev–Trinajstić information content (AvgIpc) is 2.77. The Morgan fingerprint density at radius 3 is 2.79 bits per heavy atom. The molecular formula is C9H13ClN2OS. The maximum absolute atomic E-state index is 5.66. The van der Waals surface area contributed by atoms with Crippen molar-refractivity contribution in [1.29, 1.82) is 0 Å². The molecule has 14 heavy (non-hydrogen) atoms. The number of aromatic nitrogens is 2. The minimum absolute atomic E-state index is 0.490. The smallest absolute Gasteiger partial charge is 0.207 e. The zero-order chi connectivity index (χ0) is 9.80. The van der Waals surface area contributed by atoms with E-state index in [4.69, 9.17) is 16.3 Å². The third-order valence-electron chi connectivity index (χ3n) is 2.50. The maximum Gasteiger partial charge on any atom is 0.207 e. The fourth-order valence-electron chi connectivity index (χ4n) is 1.78. The van der Waals surface area contributed by atoms with Crippen LogP contribution in [0.5, 0.6) is 0 Å². The summed E-state index contributed by atoms with van der Waals surface area (Å²) < 4.78 is 6.06. The molecule has 2 rings (SSSR count). The van der Waals surface area contributed by atoms with Crippen molar-refractivity contribution in [3.8, 4) is 0 Å². The van der Waals surface area contributed by atoms with Crippen LogP contribution in [0.1, 0.15) is 30.7 Å². The normalized spacial score (nSPS) is 17.8. The molecule has 3 nitrogen and oxygen atoms in total. The lowest BCUT2D eigenvalue weighted by atomic mass is 10.1. The highest BCUT2D eigenvalue weighted by molar-refractivity contribution is 7.15. The number of ether oxygens (including phenoxy) is 1. The van der Waals surface area contributed by atoms with Crippen LogP contribution in [0.3, 0.4) is 0 Å². The molecule has 1 aromatic rings. The Kier molecular flexibility index (Phi) is 3.73. The Labute approximate surface area is 92.4 Å². The van der Waals surface area contributed by atoms with E-state index in [9.17, 15) is 0 Å². The number of hydrogen-bond acceptors (Lipinski definition) is 4. The van der Waals surface area contributed by atoms with E-state index in [1.165, 1.54) is 37.0 Å². The summed E-state index contributed by atoms with van der Waals surface area (Å²) in [6.45, 7) is 1.41. The van der Waals surface area contributed by atoms with Crippen molar-refractivity contribution in [2.24, 2.45) is 5.92 Å². The van der Waals surface area contributed by atoms with E-state index >= 15 is 0 Å². The van der Waals surface area contributed by atoms with Gasteiger partial charge in [0.25, 0.3) is 0 Å². The maximum atomic E-state index is 5.66. The molecule has 5 heteroatoms. The summed E-state index contributed by atoms with van der Waals surface area (Å²) in [6.07, 6.45) is 5.35. The van der Waals surface area contributed by atoms with E-state index in [2.05, 4.69) is 10.2 Å². The lowest BCUT2D eigenvalue weighted by Crippen LogP contribution is -2.05. The average molecular weight is 233 g/mol. The molecule has 0 unspecified atom stereocenters. The molecule has 1 aliphatic carbocycles. The SMILES string of the molecule is Clc1nnc(COCC2CCCC2)s1. The van der Waals surface area contributed by atoms with Crippen molar-refractivity contribution in [3.05, 3.63) is 9.47 Å². The van der Waals surface area contributed by atoms with Crippen LogP contribution in [-0.2, 0) is 11.3 Å². The largest absolute Gasteiger partial charge is 0.374 e. The standard InChI is InChI=1S/C9H13ClN2OS/c10-9-12-11-8(14-9)6-13-5-7-3-1-2-4-7/h7H,1-6H2. The van der Waals surface area contributed by atoms with Crippen LogP contribution in [0.4, 0.5) is 0 Å². The molecule has 1 fully saturated rings. The minimum atomic E-state index is 0.490. The Morgan fingerprint density at radius 1 is 1.36 bits per heavy atom. The van der Waals surface area contributed by atoms with Gasteiger partial charge >= 0.3 is 0 Å². The molecule has 1 heterocycles. The van der Waals surface area contributed by atoms with Crippen LogP contribution < -0.4 is 0 Å². The second kappa shape index (κ2) is 5.05. The molecule has 1 aromatic heterocycles. The summed E-state index contributed by atoms with van der Waals surface area (Å²) in [4.78, 5) is 0. The Hall–Kier alpha value is -0.190. The molecule has 78 valence electrons. The fourth-order valence-corrected chi connectivity index (χ4v) is 2.59. The summed E-state index contributed by atoms with van der Waals surface area (Å²) in [5.74, 6) is 0.762. The molecule has 0 atom stereocenters. The lowest BCUT2D eigenvalue weighted by Gasteiger charge is -2.07. The first kappa shape index (κ1) is 10.3. The third kappa shape index (κ3) is 2.90.